The van der Waals surface area contributed by atoms with Crippen molar-refractivity contribution in [2.45, 2.75) is 20.3 Å². The first-order chi connectivity index (χ1) is 7.93. The Morgan fingerprint density at radius 1 is 1.59 bits per heavy atom. The van der Waals surface area contributed by atoms with Crippen LogP contribution in [0.15, 0.2) is 31.1 Å². The van der Waals surface area contributed by atoms with Crippen molar-refractivity contribution in [3.05, 3.63) is 46.1 Å². The van der Waals surface area contributed by atoms with Gasteiger partial charge < -0.3 is 5.11 Å². The minimum Gasteiger partial charge on any atom is -0.509 e. The molecule has 0 aromatic carbocycles. The maximum absolute atomic E-state index is 9.22. The van der Waals surface area contributed by atoms with Crippen molar-refractivity contribution in [1.29, 1.82) is 0 Å². The van der Waals surface area contributed by atoms with Crippen LogP contribution in [-0.4, -0.2) is 10.1 Å². The summed E-state index contributed by atoms with van der Waals surface area (Å²) in [7, 11) is 0. The van der Waals surface area contributed by atoms with Gasteiger partial charge in [-0.2, -0.15) is 0 Å². The Morgan fingerprint density at radius 3 is 2.71 bits per heavy atom. The van der Waals surface area contributed by atoms with Crippen molar-refractivity contribution in [3.63, 3.8) is 0 Å². The highest BCUT2D eigenvalue weighted by Gasteiger charge is 2.14. The van der Waals surface area contributed by atoms with Gasteiger partial charge in [-0.1, -0.05) is 44.7 Å². The van der Waals surface area contributed by atoms with Crippen LogP contribution in [-0.2, 0) is 6.42 Å². The van der Waals surface area contributed by atoms with Crippen molar-refractivity contribution in [1.82, 2.24) is 4.98 Å². The van der Waals surface area contributed by atoms with Gasteiger partial charge in [0.1, 0.15) is 5.76 Å². The van der Waals surface area contributed by atoms with Gasteiger partial charge in [-0.25, -0.2) is 4.98 Å². The van der Waals surface area contributed by atoms with Crippen LogP contribution in [0.4, 0.5) is 0 Å². The molecule has 0 bridgehead atoms. The van der Waals surface area contributed by atoms with Crippen molar-refractivity contribution in [3.8, 4) is 0 Å². The Hall–Kier alpha value is -1.06. The lowest BCUT2D eigenvalue weighted by molar-refractivity contribution is 0.435. The molecular weight excluding hydrogens is 254 g/mol. The largest absolute Gasteiger partial charge is 0.509 e. The predicted molar refractivity (Wildman–Crippen MR) is 75.6 cm³/mol. The summed E-state index contributed by atoms with van der Waals surface area (Å²) < 4.78 is 0.506. The number of allylic oxidation sites excluding steroid dienone is 3. The molecular formula is C13H16ClNOS. The second-order valence-corrected chi connectivity index (χ2v) is 5.80. The van der Waals surface area contributed by atoms with Crippen LogP contribution in [0.5, 0.6) is 0 Å². The fourth-order valence-electron chi connectivity index (χ4n) is 1.46. The molecule has 0 saturated heterocycles. The molecule has 1 N–H and O–H groups in total. The molecule has 0 radical (unpaired) electrons. The van der Waals surface area contributed by atoms with Crippen LogP contribution in [0.2, 0.25) is 4.47 Å². The molecule has 0 fully saturated rings. The lowest BCUT2D eigenvalue weighted by atomic mass is 10.0. The standard InChI is InChI=1S/C13H16ClNOS/c1-5-10(7-9(4)16)12-11(6-8(2)3)17-13(14)15-12/h5,7-8,16H,1,4,6H2,2-3H3/b10-7+. The molecule has 1 aromatic heterocycles. The van der Waals surface area contributed by atoms with Crippen LogP contribution in [0.1, 0.15) is 24.4 Å². The molecule has 0 aliphatic heterocycles. The second-order valence-electron chi connectivity index (χ2n) is 4.13. The van der Waals surface area contributed by atoms with E-state index in [4.69, 9.17) is 11.6 Å². The number of aromatic nitrogens is 1. The van der Waals surface area contributed by atoms with Crippen LogP contribution in [0.3, 0.4) is 0 Å². The van der Waals surface area contributed by atoms with Crippen LogP contribution in [0.25, 0.3) is 5.57 Å². The van der Waals surface area contributed by atoms with E-state index >= 15 is 0 Å². The van der Waals surface area contributed by atoms with E-state index in [1.165, 1.54) is 11.3 Å². The Bertz CT molecular complexity index is 460. The summed E-state index contributed by atoms with van der Waals surface area (Å²) in [6.45, 7) is 11.4. The van der Waals surface area contributed by atoms with Crippen molar-refractivity contribution >= 4 is 28.5 Å². The molecule has 1 heterocycles. The minimum atomic E-state index is -0.0143. The number of aliphatic hydroxyl groups is 1. The van der Waals surface area contributed by atoms with E-state index in [1.54, 1.807) is 12.2 Å². The third kappa shape index (κ3) is 4.02. The number of nitrogens with zero attached hydrogens (tertiary/aromatic N) is 1. The molecule has 0 spiro atoms. The van der Waals surface area contributed by atoms with E-state index in [9.17, 15) is 5.11 Å². The quantitative estimate of drug-likeness (QED) is 0.624. The molecule has 0 aliphatic rings. The summed E-state index contributed by atoms with van der Waals surface area (Å²) in [6.07, 6.45) is 4.10. The molecule has 2 nitrogen and oxygen atoms in total. The monoisotopic (exact) mass is 269 g/mol. The van der Waals surface area contributed by atoms with Crippen LogP contribution >= 0.6 is 22.9 Å². The summed E-state index contributed by atoms with van der Waals surface area (Å²) >= 11 is 7.42. The summed E-state index contributed by atoms with van der Waals surface area (Å²) in [5, 5.41) is 9.22. The number of hydrogen-bond donors (Lipinski definition) is 1. The van der Waals surface area contributed by atoms with Crippen molar-refractivity contribution < 1.29 is 5.11 Å². The van der Waals surface area contributed by atoms with E-state index in [0.29, 0.717) is 10.4 Å². The molecule has 17 heavy (non-hydrogen) atoms. The van der Waals surface area contributed by atoms with E-state index in [2.05, 4.69) is 32.0 Å². The molecule has 92 valence electrons. The summed E-state index contributed by atoms with van der Waals surface area (Å²) in [5.74, 6) is 0.508. The van der Waals surface area contributed by atoms with Gasteiger partial charge in [0.05, 0.1) is 5.69 Å². The maximum Gasteiger partial charge on any atom is 0.184 e. The first-order valence-electron chi connectivity index (χ1n) is 5.31. The Labute approximate surface area is 111 Å². The first-order valence-corrected chi connectivity index (χ1v) is 6.51. The van der Waals surface area contributed by atoms with Gasteiger partial charge >= 0.3 is 0 Å². The lowest BCUT2D eigenvalue weighted by Crippen LogP contribution is -1.96. The third-order valence-electron chi connectivity index (χ3n) is 2.08. The number of halogens is 1. The zero-order valence-corrected chi connectivity index (χ0v) is 11.6. The zero-order valence-electron chi connectivity index (χ0n) is 10.0. The molecule has 0 aliphatic carbocycles. The normalized spacial score (nSPS) is 11.9. The molecule has 4 heteroatoms. The molecule has 1 rings (SSSR count). The summed E-state index contributed by atoms with van der Waals surface area (Å²) in [5.41, 5.74) is 1.54. The van der Waals surface area contributed by atoms with Gasteiger partial charge in [0.15, 0.2) is 4.47 Å². The fraction of sp³-hybridized carbons (Fsp3) is 0.308. The van der Waals surface area contributed by atoms with E-state index in [1.807, 2.05) is 0 Å². The number of aliphatic hydroxyl groups excluding tert-OH is 1. The topological polar surface area (TPSA) is 33.1 Å². The Balaban J connectivity index is 3.19. The van der Waals surface area contributed by atoms with E-state index < -0.39 is 0 Å². The van der Waals surface area contributed by atoms with Gasteiger partial charge in [-0.3, -0.25) is 0 Å². The van der Waals surface area contributed by atoms with Gasteiger partial charge in [-0.15, -0.1) is 11.3 Å². The number of hydrogen-bond acceptors (Lipinski definition) is 3. The van der Waals surface area contributed by atoms with Crippen molar-refractivity contribution in [2.75, 3.05) is 0 Å². The minimum absolute atomic E-state index is 0.0143. The molecule has 0 unspecified atom stereocenters. The third-order valence-corrected chi connectivity index (χ3v) is 3.26. The van der Waals surface area contributed by atoms with Gasteiger partial charge in [-0.05, 0) is 18.4 Å². The smallest absolute Gasteiger partial charge is 0.184 e. The lowest BCUT2D eigenvalue weighted by Gasteiger charge is -2.05. The highest BCUT2D eigenvalue weighted by molar-refractivity contribution is 7.15. The maximum atomic E-state index is 9.22. The predicted octanol–water partition coefficient (Wildman–Crippen LogP) is 4.64. The highest BCUT2D eigenvalue weighted by Crippen LogP contribution is 2.30. The molecule has 1 aromatic rings. The number of rotatable bonds is 5. The average Bonchev–Trinajstić information content (AvgIpc) is 2.54. The summed E-state index contributed by atoms with van der Waals surface area (Å²) in [6, 6.07) is 0. The summed E-state index contributed by atoms with van der Waals surface area (Å²) in [4.78, 5) is 5.39. The first kappa shape index (κ1) is 14.0. The molecule has 0 amide bonds. The van der Waals surface area contributed by atoms with Crippen LogP contribution in [0, 0.1) is 5.92 Å². The zero-order chi connectivity index (χ0) is 13.0. The fourth-order valence-corrected chi connectivity index (χ4v) is 2.84. The van der Waals surface area contributed by atoms with Gasteiger partial charge in [0.25, 0.3) is 0 Å². The number of thiazole rings is 1. The van der Waals surface area contributed by atoms with E-state index in [0.717, 1.165) is 22.6 Å². The molecule has 0 saturated carbocycles. The average molecular weight is 270 g/mol. The van der Waals surface area contributed by atoms with Gasteiger partial charge in [0, 0.05) is 10.5 Å². The van der Waals surface area contributed by atoms with Crippen molar-refractivity contribution in [2.24, 2.45) is 5.92 Å². The van der Waals surface area contributed by atoms with E-state index in [-0.39, 0.29) is 5.76 Å². The molecule has 0 atom stereocenters. The Morgan fingerprint density at radius 2 is 2.24 bits per heavy atom. The highest BCUT2D eigenvalue weighted by atomic mass is 35.5. The second kappa shape index (κ2) is 6.03. The SMILES string of the molecule is C=C/C(=C\C(=C)O)c1nc(Cl)sc1CC(C)C. The van der Waals surface area contributed by atoms with Crippen LogP contribution < -0.4 is 0 Å². The van der Waals surface area contributed by atoms with Gasteiger partial charge in [0.2, 0.25) is 0 Å². The Kier molecular flexibility index (Phi) is 4.97.